The standard InChI is InChI=1S/C15H24N4O2/c1-4-6-7-8-9-13-12(10-16)11(3)18-15(21)19(13)14(20)17-5-2/h13H,4-9H2,1-3H3,(H,17,20)(H,18,21). The van der Waals surface area contributed by atoms with E-state index in [1.807, 2.05) is 0 Å². The summed E-state index contributed by atoms with van der Waals surface area (Å²) in [5.74, 6) is 0. The van der Waals surface area contributed by atoms with Crippen LogP contribution in [0.15, 0.2) is 11.3 Å². The molecule has 1 heterocycles. The maximum absolute atomic E-state index is 12.1. The number of nitrogens with zero attached hydrogens (tertiary/aromatic N) is 2. The SMILES string of the molecule is CCCCCCC1C(C#N)=C(C)NC(=O)N1C(=O)NCC. The zero-order chi connectivity index (χ0) is 15.8. The highest BCUT2D eigenvalue weighted by Gasteiger charge is 2.36. The quantitative estimate of drug-likeness (QED) is 0.738. The van der Waals surface area contributed by atoms with E-state index in [0.717, 1.165) is 30.6 Å². The summed E-state index contributed by atoms with van der Waals surface area (Å²) < 4.78 is 0. The number of imide groups is 1. The van der Waals surface area contributed by atoms with Gasteiger partial charge >= 0.3 is 12.1 Å². The lowest BCUT2D eigenvalue weighted by Gasteiger charge is -2.34. The summed E-state index contributed by atoms with van der Waals surface area (Å²) in [6.45, 7) is 6.06. The summed E-state index contributed by atoms with van der Waals surface area (Å²) in [7, 11) is 0. The zero-order valence-corrected chi connectivity index (χ0v) is 13.0. The van der Waals surface area contributed by atoms with E-state index in [-0.39, 0.29) is 0 Å². The molecule has 4 amide bonds. The fourth-order valence-electron chi connectivity index (χ4n) is 2.47. The van der Waals surface area contributed by atoms with E-state index in [0.29, 0.717) is 24.2 Å². The molecule has 0 spiro atoms. The molecule has 2 N–H and O–H groups in total. The van der Waals surface area contributed by atoms with Crippen LogP contribution in [0.2, 0.25) is 0 Å². The highest BCUT2D eigenvalue weighted by molar-refractivity contribution is 5.96. The number of hydrogen-bond acceptors (Lipinski definition) is 3. The predicted molar refractivity (Wildman–Crippen MR) is 80.3 cm³/mol. The first kappa shape index (κ1) is 17.0. The molecule has 6 heteroatoms. The minimum absolute atomic E-state index is 0.440. The van der Waals surface area contributed by atoms with E-state index in [2.05, 4.69) is 23.6 Å². The topological polar surface area (TPSA) is 85.2 Å². The zero-order valence-electron chi connectivity index (χ0n) is 13.0. The monoisotopic (exact) mass is 292 g/mol. The third kappa shape index (κ3) is 4.22. The van der Waals surface area contributed by atoms with Crippen molar-refractivity contribution in [3.63, 3.8) is 0 Å². The van der Waals surface area contributed by atoms with Crippen molar-refractivity contribution < 1.29 is 9.59 Å². The molecule has 1 aliphatic heterocycles. The molecule has 1 aliphatic rings. The molecule has 0 fully saturated rings. The smallest absolute Gasteiger partial charge is 0.330 e. The van der Waals surface area contributed by atoms with Gasteiger partial charge in [-0.2, -0.15) is 5.26 Å². The second kappa shape index (κ2) is 8.30. The molecule has 1 rings (SSSR count). The first-order valence-corrected chi connectivity index (χ1v) is 7.55. The van der Waals surface area contributed by atoms with Crippen molar-refractivity contribution in [3.8, 4) is 6.07 Å². The molecular formula is C15H24N4O2. The summed E-state index contributed by atoms with van der Waals surface area (Å²) in [4.78, 5) is 25.3. The summed E-state index contributed by atoms with van der Waals surface area (Å²) in [5, 5.41) is 14.5. The lowest BCUT2D eigenvalue weighted by Crippen LogP contribution is -2.56. The fraction of sp³-hybridized carbons (Fsp3) is 0.667. The van der Waals surface area contributed by atoms with E-state index in [1.54, 1.807) is 13.8 Å². The van der Waals surface area contributed by atoms with E-state index < -0.39 is 18.1 Å². The van der Waals surface area contributed by atoms with Crippen LogP contribution in [-0.2, 0) is 0 Å². The number of rotatable bonds is 6. The van der Waals surface area contributed by atoms with Gasteiger partial charge < -0.3 is 10.6 Å². The molecule has 116 valence electrons. The van der Waals surface area contributed by atoms with Gasteiger partial charge in [0.1, 0.15) is 0 Å². The number of allylic oxidation sites excluding steroid dienone is 1. The maximum atomic E-state index is 12.1. The number of nitriles is 1. The van der Waals surface area contributed by atoms with Gasteiger partial charge in [0.15, 0.2) is 0 Å². The molecule has 1 unspecified atom stereocenters. The molecule has 6 nitrogen and oxygen atoms in total. The maximum Gasteiger partial charge on any atom is 0.330 e. The van der Waals surface area contributed by atoms with Crippen LogP contribution in [0, 0.1) is 11.3 Å². The molecule has 21 heavy (non-hydrogen) atoms. The summed E-state index contributed by atoms with van der Waals surface area (Å²) in [5.41, 5.74) is 1.01. The number of unbranched alkanes of at least 4 members (excludes halogenated alkanes) is 3. The molecule has 0 aromatic carbocycles. The number of nitrogens with one attached hydrogen (secondary N) is 2. The van der Waals surface area contributed by atoms with E-state index in [9.17, 15) is 14.9 Å². The Bertz CT molecular complexity index is 465. The highest BCUT2D eigenvalue weighted by Crippen LogP contribution is 2.24. The Hall–Kier alpha value is -2.03. The van der Waals surface area contributed by atoms with Crippen LogP contribution >= 0.6 is 0 Å². The summed E-state index contributed by atoms with van der Waals surface area (Å²) in [6.07, 6.45) is 4.79. The Morgan fingerprint density at radius 1 is 1.38 bits per heavy atom. The van der Waals surface area contributed by atoms with Crippen LogP contribution in [0.4, 0.5) is 9.59 Å². The van der Waals surface area contributed by atoms with Crippen LogP contribution in [0.1, 0.15) is 52.9 Å². The van der Waals surface area contributed by atoms with Crippen LogP contribution < -0.4 is 10.6 Å². The number of urea groups is 2. The van der Waals surface area contributed by atoms with Crippen LogP contribution in [0.25, 0.3) is 0 Å². The first-order valence-electron chi connectivity index (χ1n) is 7.55. The van der Waals surface area contributed by atoms with Gasteiger partial charge in [0.25, 0.3) is 0 Å². The van der Waals surface area contributed by atoms with Gasteiger partial charge in [0, 0.05) is 12.2 Å². The summed E-state index contributed by atoms with van der Waals surface area (Å²) in [6, 6.07) is 0.761. The second-order valence-corrected chi connectivity index (χ2v) is 5.15. The molecule has 0 saturated carbocycles. The van der Waals surface area contributed by atoms with Gasteiger partial charge in [-0.05, 0) is 20.3 Å². The Morgan fingerprint density at radius 2 is 2.10 bits per heavy atom. The van der Waals surface area contributed by atoms with Crippen molar-refractivity contribution >= 4 is 12.1 Å². The molecule has 0 aliphatic carbocycles. The number of carbonyl (C=O) groups excluding carboxylic acids is 2. The fourth-order valence-corrected chi connectivity index (χ4v) is 2.47. The van der Waals surface area contributed by atoms with Crippen molar-refractivity contribution in [3.05, 3.63) is 11.3 Å². The van der Waals surface area contributed by atoms with Gasteiger partial charge in [-0.1, -0.05) is 32.6 Å². The molecule has 1 atom stereocenters. The van der Waals surface area contributed by atoms with Crippen LogP contribution in [0.3, 0.4) is 0 Å². The number of amides is 4. The Labute approximate surface area is 126 Å². The molecule has 0 aromatic heterocycles. The molecule has 0 aromatic rings. The average molecular weight is 292 g/mol. The predicted octanol–water partition coefficient (Wildman–Crippen LogP) is 2.88. The lowest BCUT2D eigenvalue weighted by molar-refractivity contribution is 0.170. The normalized spacial score (nSPS) is 18.3. The first-order chi connectivity index (χ1) is 10.1. The van der Waals surface area contributed by atoms with Crippen molar-refractivity contribution in [2.24, 2.45) is 0 Å². The molecule has 0 saturated heterocycles. The van der Waals surface area contributed by atoms with Gasteiger partial charge in [0.2, 0.25) is 0 Å². The third-order valence-corrected chi connectivity index (χ3v) is 3.56. The van der Waals surface area contributed by atoms with Crippen LogP contribution in [0.5, 0.6) is 0 Å². The molecule has 0 bridgehead atoms. The van der Waals surface area contributed by atoms with Crippen molar-refractivity contribution in [1.29, 1.82) is 5.26 Å². The average Bonchev–Trinajstić information content (AvgIpc) is 2.43. The molecular weight excluding hydrogens is 268 g/mol. The van der Waals surface area contributed by atoms with Gasteiger partial charge in [0.05, 0.1) is 17.7 Å². The van der Waals surface area contributed by atoms with Gasteiger partial charge in [-0.15, -0.1) is 0 Å². The van der Waals surface area contributed by atoms with E-state index in [1.165, 1.54) is 0 Å². The van der Waals surface area contributed by atoms with Crippen molar-refractivity contribution in [2.45, 2.75) is 58.9 Å². The minimum atomic E-state index is -0.466. The lowest BCUT2D eigenvalue weighted by atomic mass is 9.96. The molecule has 0 radical (unpaired) electrons. The van der Waals surface area contributed by atoms with Gasteiger partial charge in [-0.25, -0.2) is 14.5 Å². The number of carbonyl (C=O) groups is 2. The Kier molecular flexibility index (Phi) is 6.73. The van der Waals surface area contributed by atoms with E-state index in [4.69, 9.17) is 0 Å². The van der Waals surface area contributed by atoms with Gasteiger partial charge in [-0.3, -0.25) is 0 Å². The van der Waals surface area contributed by atoms with Crippen LogP contribution in [-0.4, -0.2) is 29.5 Å². The summed E-state index contributed by atoms with van der Waals surface area (Å²) >= 11 is 0. The van der Waals surface area contributed by atoms with E-state index >= 15 is 0 Å². The number of hydrogen-bond donors (Lipinski definition) is 2. The van der Waals surface area contributed by atoms with Crippen molar-refractivity contribution in [2.75, 3.05) is 6.54 Å². The third-order valence-electron chi connectivity index (χ3n) is 3.56. The Morgan fingerprint density at radius 3 is 2.67 bits per heavy atom. The Balaban J connectivity index is 2.94. The highest BCUT2D eigenvalue weighted by atomic mass is 16.2. The van der Waals surface area contributed by atoms with Crippen molar-refractivity contribution in [1.82, 2.24) is 15.5 Å². The minimum Gasteiger partial charge on any atom is -0.338 e. The second-order valence-electron chi connectivity index (χ2n) is 5.15. The largest absolute Gasteiger partial charge is 0.338 e.